The van der Waals surface area contributed by atoms with Gasteiger partial charge in [0.25, 0.3) is 5.91 Å². The summed E-state index contributed by atoms with van der Waals surface area (Å²) < 4.78 is 38.3. The fourth-order valence-electron chi connectivity index (χ4n) is 3.00. The fourth-order valence-corrected chi connectivity index (χ4v) is 3.83. The molecule has 2 aromatic carbocycles. The van der Waals surface area contributed by atoms with E-state index in [9.17, 15) is 13.6 Å². The van der Waals surface area contributed by atoms with E-state index in [2.05, 4.69) is 4.98 Å². The number of halogens is 2. The Morgan fingerprint density at radius 3 is 2.79 bits per heavy atom. The van der Waals surface area contributed by atoms with Crippen molar-refractivity contribution in [2.75, 3.05) is 26.3 Å². The van der Waals surface area contributed by atoms with Gasteiger partial charge < -0.3 is 14.4 Å². The Morgan fingerprint density at radius 1 is 1.17 bits per heavy atom. The number of morpholine rings is 1. The van der Waals surface area contributed by atoms with Crippen molar-refractivity contribution in [2.45, 2.75) is 6.61 Å². The van der Waals surface area contributed by atoms with Crippen LogP contribution in [-0.4, -0.2) is 42.1 Å². The first-order valence-electron chi connectivity index (χ1n) is 9.10. The van der Waals surface area contributed by atoms with Gasteiger partial charge in [-0.15, -0.1) is 11.3 Å². The van der Waals surface area contributed by atoms with Crippen LogP contribution in [0.15, 0.2) is 47.8 Å². The van der Waals surface area contributed by atoms with Crippen molar-refractivity contribution in [2.24, 2.45) is 0 Å². The van der Waals surface area contributed by atoms with E-state index in [0.717, 1.165) is 18.2 Å². The third-order valence-corrected chi connectivity index (χ3v) is 5.41. The Balaban J connectivity index is 1.53. The molecule has 0 atom stereocenters. The maximum atomic E-state index is 13.9. The monoisotopic (exact) mass is 416 g/mol. The van der Waals surface area contributed by atoms with Crippen LogP contribution >= 0.6 is 11.3 Å². The highest BCUT2D eigenvalue weighted by atomic mass is 32.1. The summed E-state index contributed by atoms with van der Waals surface area (Å²) in [7, 11) is 0. The average molecular weight is 416 g/mol. The number of aromatic nitrogens is 1. The summed E-state index contributed by atoms with van der Waals surface area (Å²) in [5.74, 6) is -0.701. The van der Waals surface area contributed by atoms with E-state index in [1.54, 1.807) is 22.4 Å². The molecule has 5 nitrogen and oxygen atoms in total. The molecule has 3 aromatic rings. The summed E-state index contributed by atoms with van der Waals surface area (Å²) in [6, 6.07) is 10.4. The number of nitrogens with zero attached hydrogens (tertiary/aromatic N) is 2. The summed E-state index contributed by atoms with van der Waals surface area (Å²) >= 11 is 1.33. The van der Waals surface area contributed by atoms with Gasteiger partial charge in [0.2, 0.25) is 0 Å². The smallest absolute Gasteiger partial charge is 0.273 e. The maximum absolute atomic E-state index is 13.9. The summed E-state index contributed by atoms with van der Waals surface area (Å²) in [6.07, 6.45) is 0. The highest BCUT2D eigenvalue weighted by Gasteiger charge is 2.22. The Labute approximate surface area is 170 Å². The molecule has 0 spiro atoms. The zero-order chi connectivity index (χ0) is 20.2. The largest absolute Gasteiger partial charge is 0.488 e. The molecule has 0 N–H and O–H groups in total. The first-order chi connectivity index (χ1) is 14.1. The minimum atomic E-state index is -0.531. The molecule has 1 aliphatic rings. The van der Waals surface area contributed by atoms with E-state index in [1.807, 2.05) is 12.1 Å². The molecule has 2 heterocycles. The highest BCUT2D eigenvalue weighted by molar-refractivity contribution is 7.13. The normalized spacial score (nSPS) is 14.1. The number of hydrogen-bond donors (Lipinski definition) is 0. The molecule has 4 rings (SSSR count). The number of thiazole rings is 1. The van der Waals surface area contributed by atoms with Crippen LogP contribution in [0.5, 0.6) is 5.75 Å². The van der Waals surface area contributed by atoms with Gasteiger partial charge in [-0.2, -0.15) is 0 Å². The molecule has 0 unspecified atom stereocenters. The topological polar surface area (TPSA) is 51.7 Å². The second-order valence-corrected chi connectivity index (χ2v) is 7.32. The quantitative estimate of drug-likeness (QED) is 0.627. The molecule has 1 saturated heterocycles. The van der Waals surface area contributed by atoms with Crippen LogP contribution in [0.2, 0.25) is 0 Å². The van der Waals surface area contributed by atoms with E-state index < -0.39 is 11.6 Å². The van der Waals surface area contributed by atoms with E-state index >= 15 is 0 Å². The van der Waals surface area contributed by atoms with Crippen molar-refractivity contribution in [1.82, 2.24) is 9.88 Å². The Morgan fingerprint density at radius 2 is 1.97 bits per heavy atom. The molecule has 29 heavy (non-hydrogen) atoms. The van der Waals surface area contributed by atoms with Crippen molar-refractivity contribution >= 4 is 17.2 Å². The van der Waals surface area contributed by atoms with Gasteiger partial charge in [0.15, 0.2) is 0 Å². The minimum absolute atomic E-state index is 0.119. The van der Waals surface area contributed by atoms with Gasteiger partial charge in [-0.25, -0.2) is 13.8 Å². The Bertz CT molecular complexity index is 1020. The van der Waals surface area contributed by atoms with Crippen molar-refractivity contribution in [3.05, 3.63) is 70.7 Å². The van der Waals surface area contributed by atoms with Gasteiger partial charge in [-0.05, 0) is 30.3 Å². The predicted molar refractivity (Wildman–Crippen MR) is 105 cm³/mol. The van der Waals surface area contributed by atoms with Crippen LogP contribution < -0.4 is 4.74 Å². The van der Waals surface area contributed by atoms with E-state index in [0.29, 0.717) is 48.3 Å². The number of carbonyl (C=O) groups is 1. The zero-order valence-corrected chi connectivity index (χ0v) is 16.3. The maximum Gasteiger partial charge on any atom is 0.273 e. The molecule has 0 bridgehead atoms. The third-order valence-electron chi connectivity index (χ3n) is 4.53. The molecule has 1 amide bonds. The van der Waals surface area contributed by atoms with Crippen LogP contribution in [0.1, 0.15) is 16.1 Å². The molecule has 1 aliphatic heterocycles. The van der Waals surface area contributed by atoms with Crippen molar-refractivity contribution in [1.29, 1.82) is 0 Å². The Hall–Kier alpha value is -2.84. The molecular formula is C21H18F2N2O3S. The van der Waals surface area contributed by atoms with Crippen LogP contribution in [0.4, 0.5) is 8.78 Å². The number of para-hydroxylation sites is 1. The third kappa shape index (κ3) is 4.44. The summed E-state index contributed by atoms with van der Waals surface area (Å²) in [5.41, 5.74) is 1.19. The first-order valence-corrected chi connectivity index (χ1v) is 9.98. The van der Waals surface area contributed by atoms with E-state index in [4.69, 9.17) is 9.47 Å². The van der Waals surface area contributed by atoms with Crippen molar-refractivity contribution in [3.8, 4) is 16.3 Å². The van der Waals surface area contributed by atoms with Gasteiger partial charge >= 0.3 is 0 Å². The number of ether oxygens (including phenoxy) is 2. The van der Waals surface area contributed by atoms with E-state index in [-0.39, 0.29) is 18.1 Å². The second-order valence-electron chi connectivity index (χ2n) is 6.46. The molecule has 0 aliphatic carbocycles. The first kappa shape index (κ1) is 19.5. The number of hydrogen-bond acceptors (Lipinski definition) is 5. The zero-order valence-electron chi connectivity index (χ0n) is 15.4. The van der Waals surface area contributed by atoms with Gasteiger partial charge in [0.1, 0.15) is 34.7 Å². The van der Waals surface area contributed by atoms with Gasteiger partial charge in [0, 0.05) is 24.0 Å². The standard InChI is InChI=1S/C21H18F2N2O3S/c22-15-5-6-17(23)14(11-15)12-28-19-4-2-1-3-16(19)20-24-18(13-29-20)21(26)25-7-9-27-10-8-25/h1-6,11,13H,7-10,12H2. The lowest BCUT2D eigenvalue weighted by Crippen LogP contribution is -2.40. The highest BCUT2D eigenvalue weighted by Crippen LogP contribution is 2.33. The number of amides is 1. The van der Waals surface area contributed by atoms with Crippen LogP contribution in [0, 0.1) is 11.6 Å². The lowest BCUT2D eigenvalue weighted by Gasteiger charge is -2.25. The molecule has 1 aromatic heterocycles. The SMILES string of the molecule is O=C(c1csc(-c2ccccc2OCc2cc(F)ccc2F)n1)N1CCOCC1. The van der Waals surface area contributed by atoms with Gasteiger partial charge in [-0.3, -0.25) is 4.79 Å². The lowest BCUT2D eigenvalue weighted by atomic mass is 10.2. The van der Waals surface area contributed by atoms with Gasteiger partial charge in [-0.1, -0.05) is 12.1 Å². The molecule has 0 saturated carbocycles. The molecule has 150 valence electrons. The van der Waals surface area contributed by atoms with Gasteiger partial charge in [0.05, 0.1) is 18.8 Å². The average Bonchev–Trinajstić information content (AvgIpc) is 3.25. The number of benzene rings is 2. The minimum Gasteiger partial charge on any atom is -0.488 e. The van der Waals surface area contributed by atoms with Crippen molar-refractivity contribution < 1.29 is 23.0 Å². The van der Waals surface area contributed by atoms with Crippen LogP contribution in [0.3, 0.4) is 0 Å². The van der Waals surface area contributed by atoms with Crippen LogP contribution in [0.25, 0.3) is 10.6 Å². The van der Waals surface area contributed by atoms with E-state index in [1.165, 1.54) is 11.3 Å². The molecular weight excluding hydrogens is 398 g/mol. The molecule has 1 fully saturated rings. The predicted octanol–water partition coefficient (Wildman–Crippen LogP) is 4.14. The number of rotatable bonds is 5. The lowest BCUT2D eigenvalue weighted by molar-refractivity contribution is 0.0299. The summed E-state index contributed by atoms with van der Waals surface area (Å²) in [5, 5.41) is 2.34. The summed E-state index contributed by atoms with van der Waals surface area (Å²) in [6.45, 7) is 2.02. The Kier molecular flexibility index (Phi) is 5.82. The van der Waals surface area contributed by atoms with Crippen LogP contribution in [-0.2, 0) is 11.3 Å². The fraction of sp³-hybridized carbons (Fsp3) is 0.238. The molecule has 8 heteroatoms. The number of carbonyl (C=O) groups excluding carboxylic acids is 1. The van der Waals surface area contributed by atoms with Crippen molar-refractivity contribution in [3.63, 3.8) is 0 Å². The second kappa shape index (κ2) is 8.67. The molecule has 0 radical (unpaired) electrons. The summed E-state index contributed by atoms with van der Waals surface area (Å²) in [4.78, 5) is 18.8.